The SMILES string of the molecule is CC(=O)OCc1c(C)cc(C)c([C@H]2C(C#N)=C(N)Oc3n[nH]c(C)c32)c1C. The Bertz CT molecular complexity index is 1010. The van der Waals surface area contributed by atoms with Crippen molar-refractivity contribution >= 4 is 5.97 Å². The van der Waals surface area contributed by atoms with Gasteiger partial charge < -0.3 is 15.2 Å². The zero-order valence-corrected chi connectivity index (χ0v) is 16.1. The van der Waals surface area contributed by atoms with E-state index in [4.69, 9.17) is 15.2 Å². The molecule has 1 aromatic heterocycles. The van der Waals surface area contributed by atoms with Crippen LogP contribution in [0, 0.1) is 39.0 Å². The zero-order chi connectivity index (χ0) is 19.9. The number of hydrogen-bond acceptors (Lipinski definition) is 6. The van der Waals surface area contributed by atoms with Crippen molar-refractivity contribution in [3.8, 4) is 11.9 Å². The molecule has 1 aliphatic heterocycles. The highest BCUT2D eigenvalue weighted by atomic mass is 16.5. The van der Waals surface area contributed by atoms with Crippen LogP contribution in [-0.4, -0.2) is 16.2 Å². The van der Waals surface area contributed by atoms with E-state index >= 15 is 0 Å². The minimum Gasteiger partial charge on any atom is -0.461 e. The fraction of sp³-hybridized carbons (Fsp3) is 0.350. The molecular weight excluding hydrogens is 344 g/mol. The van der Waals surface area contributed by atoms with Gasteiger partial charge in [0.05, 0.1) is 5.92 Å². The topological polar surface area (TPSA) is 114 Å². The molecule has 0 saturated heterocycles. The van der Waals surface area contributed by atoms with Crippen LogP contribution in [0.1, 0.15) is 51.9 Å². The number of carbonyl (C=O) groups is 1. The van der Waals surface area contributed by atoms with Crippen LogP contribution < -0.4 is 10.5 Å². The van der Waals surface area contributed by atoms with Gasteiger partial charge in [0.25, 0.3) is 0 Å². The molecule has 0 saturated carbocycles. The number of benzene rings is 1. The van der Waals surface area contributed by atoms with Gasteiger partial charge in [-0.2, -0.15) is 5.26 Å². The minimum absolute atomic E-state index is 0.0578. The van der Waals surface area contributed by atoms with Gasteiger partial charge in [0.15, 0.2) is 0 Å². The Morgan fingerprint density at radius 2 is 2.04 bits per heavy atom. The van der Waals surface area contributed by atoms with Gasteiger partial charge in [0.1, 0.15) is 18.2 Å². The van der Waals surface area contributed by atoms with Gasteiger partial charge in [-0.25, -0.2) is 0 Å². The number of aryl methyl sites for hydroxylation is 3. The molecule has 27 heavy (non-hydrogen) atoms. The van der Waals surface area contributed by atoms with Crippen molar-refractivity contribution < 1.29 is 14.3 Å². The summed E-state index contributed by atoms with van der Waals surface area (Å²) in [5.41, 5.74) is 12.9. The van der Waals surface area contributed by atoms with Crippen molar-refractivity contribution in [2.75, 3.05) is 0 Å². The second-order valence-corrected chi connectivity index (χ2v) is 6.80. The lowest BCUT2D eigenvalue weighted by atomic mass is 9.78. The van der Waals surface area contributed by atoms with Crippen LogP contribution in [0.4, 0.5) is 0 Å². The molecule has 0 aliphatic carbocycles. The lowest BCUT2D eigenvalue weighted by Gasteiger charge is -2.28. The molecule has 7 nitrogen and oxygen atoms in total. The van der Waals surface area contributed by atoms with E-state index in [1.165, 1.54) is 6.92 Å². The number of aromatic amines is 1. The number of nitriles is 1. The molecule has 1 atom stereocenters. The molecule has 1 aromatic carbocycles. The maximum Gasteiger partial charge on any atom is 0.302 e. The average molecular weight is 366 g/mol. The third kappa shape index (κ3) is 3.04. The number of nitrogens with one attached hydrogen (secondary N) is 1. The first-order valence-electron chi connectivity index (χ1n) is 8.61. The van der Waals surface area contributed by atoms with Crippen LogP contribution >= 0.6 is 0 Å². The number of fused-ring (bicyclic) bond motifs is 1. The standard InChI is InChI=1S/C20H22N4O3/c1-9-6-10(2)16(11(3)15(9)8-26-13(5)25)18-14(7-21)19(22)27-20-17(18)12(4)23-24-20/h6,18H,8,22H2,1-5H3,(H,23,24)/t18-/m1/s1. The van der Waals surface area contributed by atoms with Crippen molar-refractivity contribution in [3.63, 3.8) is 0 Å². The Hall–Kier alpha value is -3.27. The fourth-order valence-electron chi connectivity index (χ4n) is 3.77. The van der Waals surface area contributed by atoms with Crippen molar-refractivity contribution in [3.05, 3.63) is 56.6 Å². The molecule has 1 aliphatic rings. The number of aromatic nitrogens is 2. The number of hydrogen-bond donors (Lipinski definition) is 2. The molecule has 3 rings (SSSR count). The van der Waals surface area contributed by atoms with Gasteiger partial charge in [0.2, 0.25) is 11.8 Å². The van der Waals surface area contributed by atoms with Crippen molar-refractivity contribution in [2.24, 2.45) is 5.73 Å². The predicted molar refractivity (Wildman–Crippen MR) is 98.7 cm³/mol. The number of carbonyl (C=O) groups excluding carboxylic acids is 1. The Balaban J connectivity index is 2.26. The highest BCUT2D eigenvalue weighted by Gasteiger charge is 2.36. The highest BCUT2D eigenvalue weighted by molar-refractivity contribution is 5.66. The van der Waals surface area contributed by atoms with E-state index in [9.17, 15) is 10.1 Å². The van der Waals surface area contributed by atoms with Gasteiger partial charge in [0, 0.05) is 18.2 Å². The molecule has 0 unspecified atom stereocenters. The van der Waals surface area contributed by atoms with Crippen LogP contribution in [-0.2, 0) is 16.1 Å². The van der Waals surface area contributed by atoms with E-state index < -0.39 is 5.92 Å². The van der Waals surface area contributed by atoms with Crippen LogP contribution in [0.2, 0.25) is 0 Å². The minimum atomic E-state index is -0.394. The number of nitrogens with two attached hydrogens (primary N) is 1. The van der Waals surface area contributed by atoms with Crippen LogP contribution in [0.15, 0.2) is 17.5 Å². The van der Waals surface area contributed by atoms with Crippen LogP contribution in [0.25, 0.3) is 0 Å². The highest BCUT2D eigenvalue weighted by Crippen LogP contribution is 2.45. The summed E-state index contributed by atoms with van der Waals surface area (Å²) in [6.07, 6.45) is 0. The average Bonchev–Trinajstić information content (AvgIpc) is 2.94. The molecule has 2 aromatic rings. The maximum absolute atomic E-state index is 11.3. The van der Waals surface area contributed by atoms with Gasteiger partial charge in [-0.05, 0) is 55.5 Å². The van der Waals surface area contributed by atoms with E-state index in [-0.39, 0.29) is 18.5 Å². The summed E-state index contributed by atoms with van der Waals surface area (Å²) >= 11 is 0. The summed E-state index contributed by atoms with van der Waals surface area (Å²) in [5, 5.41) is 16.8. The molecule has 0 radical (unpaired) electrons. The van der Waals surface area contributed by atoms with E-state index in [1.807, 2.05) is 33.8 Å². The summed E-state index contributed by atoms with van der Waals surface area (Å²) in [7, 11) is 0. The second-order valence-electron chi connectivity index (χ2n) is 6.80. The summed E-state index contributed by atoms with van der Waals surface area (Å²) in [5.74, 6) is -0.289. The zero-order valence-electron chi connectivity index (χ0n) is 16.1. The number of ether oxygens (including phenoxy) is 2. The summed E-state index contributed by atoms with van der Waals surface area (Å²) in [6.45, 7) is 9.41. The lowest BCUT2D eigenvalue weighted by Crippen LogP contribution is -2.22. The van der Waals surface area contributed by atoms with Crippen molar-refractivity contribution in [1.82, 2.24) is 10.2 Å². The van der Waals surface area contributed by atoms with Gasteiger partial charge in [-0.15, -0.1) is 5.10 Å². The number of nitrogens with zero attached hydrogens (tertiary/aromatic N) is 2. The smallest absolute Gasteiger partial charge is 0.302 e. The Morgan fingerprint density at radius 1 is 1.33 bits per heavy atom. The first-order valence-corrected chi connectivity index (χ1v) is 8.61. The van der Waals surface area contributed by atoms with Crippen molar-refractivity contribution in [1.29, 1.82) is 5.26 Å². The van der Waals surface area contributed by atoms with Crippen LogP contribution in [0.3, 0.4) is 0 Å². The number of allylic oxidation sites excluding steroid dienone is 1. The third-order valence-corrected chi connectivity index (χ3v) is 5.03. The number of esters is 1. The van der Waals surface area contributed by atoms with E-state index in [0.717, 1.165) is 39.1 Å². The second kappa shape index (κ2) is 6.80. The third-order valence-electron chi connectivity index (χ3n) is 5.03. The van der Waals surface area contributed by atoms with E-state index in [2.05, 4.69) is 16.3 Å². The molecule has 3 N–H and O–H groups in total. The predicted octanol–water partition coefficient (Wildman–Crippen LogP) is 2.92. The van der Waals surface area contributed by atoms with E-state index in [0.29, 0.717) is 11.5 Å². The van der Waals surface area contributed by atoms with Gasteiger partial charge in [-0.1, -0.05) is 6.07 Å². The van der Waals surface area contributed by atoms with Gasteiger partial charge in [-0.3, -0.25) is 9.89 Å². The normalized spacial score (nSPS) is 15.8. The molecule has 2 heterocycles. The summed E-state index contributed by atoms with van der Waals surface area (Å²) in [4.78, 5) is 11.3. The van der Waals surface area contributed by atoms with Crippen molar-refractivity contribution in [2.45, 2.75) is 47.1 Å². The summed E-state index contributed by atoms with van der Waals surface area (Å²) in [6, 6.07) is 4.24. The molecule has 7 heteroatoms. The molecule has 0 amide bonds. The first-order chi connectivity index (χ1) is 12.8. The quantitative estimate of drug-likeness (QED) is 0.807. The summed E-state index contributed by atoms with van der Waals surface area (Å²) < 4.78 is 10.8. The Labute approximate surface area is 157 Å². The van der Waals surface area contributed by atoms with Gasteiger partial charge >= 0.3 is 5.97 Å². The fourth-order valence-corrected chi connectivity index (χ4v) is 3.77. The molecule has 0 bridgehead atoms. The molecule has 0 fully saturated rings. The first kappa shape index (κ1) is 18.5. The number of H-pyrrole nitrogens is 1. The largest absolute Gasteiger partial charge is 0.461 e. The maximum atomic E-state index is 11.3. The lowest BCUT2D eigenvalue weighted by molar-refractivity contribution is -0.142. The Kier molecular flexibility index (Phi) is 4.66. The Morgan fingerprint density at radius 3 is 2.67 bits per heavy atom. The monoisotopic (exact) mass is 366 g/mol. The molecule has 0 spiro atoms. The molecule has 140 valence electrons. The van der Waals surface area contributed by atoms with E-state index in [1.54, 1.807) is 0 Å². The molecular formula is C20H22N4O3. The van der Waals surface area contributed by atoms with Crippen LogP contribution in [0.5, 0.6) is 5.88 Å². The number of rotatable bonds is 3.